The van der Waals surface area contributed by atoms with E-state index in [4.69, 9.17) is 0 Å². The van der Waals surface area contributed by atoms with E-state index in [0.717, 1.165) is 19.3 Å². The van der Waals surface area contributed by atoms with Crippen LogP contribution in [-0.4, -0.2) is 17.0 Å². The fourth-order valence-electron chi connectivity index (χ4n) is 1.38. The fraction of sp³-hybridized carbons (Fsp3) is 0.583. The predicted octanol–water partition coefficient (Wildman–Crippen LogP) is 1.69. The molecule has 0 aromatic rings. The van der Waals surface area contributed by atoms with Crippen molar-refractivity contribution in [3.05, 3.63) is 12.2 Å². The van der Waals surface area contributed by atoms with E-state index in [0.29, 0.717) is 6.42 Å². The Morgan fingerprint density at radius 3 is 2.86 bits per heavy atom. The van der Waals surface area contributed by atoms with Crippen molar-refractivity contribution >= 4 is 5.78 Å². The topological polar surface area (TPSA) is 37.3 Å². The molecule has 1 aliphatic rings. The molecule has 0 aromatic carbocycles. The number of hydrogen-bond donors (Lipinski definition) is 1. The van der Waals surface area contributed by atoms with Gasteiger partial charge in [0.05, 0.1) is 12.0 Å². The Labute approximate surface area is 85.0 Å². The van der Waals surface area contributed by atoms with Gasteiger partial charge in [-0.3, -0.25) is 4.79 Å². The molecule has 0 bridgehead atoms. The molecule has 0 saturated carbocycles. The third kappa shape index (κ3) is 3.01. The Morgan fingerprint density at radius 2 is 2.29 bits per heavy atom. The summed E-state index contributed by atoms with van der Waals surface area (Å²) in [5.74, 6) is 5.65. The van der Waals surface area contributed by atoms with Crippen molar-refractivity contribution in [2.24, 2.45) is 5.92 Å². The second-order valence-corrected chi connectivity index (χ2v) is 3.52. The molecule has 0 fully saturated rings. The molecule has 2 heteroatoms. The third-order valence-corrected chi connectivity index (χ3v) is 2.34. The minimum atomic E-state index is -0.622. The molecule has 0 aromatic heterocycles. The van der Waals surface area contributed by atoms with Crippen LogP contribution in [-0.2, 0) is 4.79 Å². The number of aliphatic hydroxyl groups is 1. The highest BCUT2D eigenvalue weighted by atomic mass is 16.3. The lowest BCUT2D eigenvalue weighted by Crippen LogP contribution is -2.19. The summed E-state index contributed by atoms with van der Waals surface area (Å²) in [7, 11) is 0. The summed E-state index contributed by atoms with van der Waals surface area (Å²) in [5, 5.41) is 9.39. The monoisotopic (exact) mass is 192 g/mol. The SMILES string of the molecule is CCCCC#CC[C@H]1C(=O)C=C[C@@H]1O. The molecule has 1 aliphatic carbocycles. The summed E-state index contributed by atoms with van der Waals surface area (Å²) < 4.78 is 0. The van der Waals surface area contributed by atoms with Gasteiger partial charge in [0.2, 0.25) is 0 Å². The van der Waals surface area contributed by atoms with E-state index >= 15 is 0 Å². The van der Waals surface area contributed by atoms with Crippen molar-refractivity contribution in [2.75, 3.05) is 0 Å². The van der Waals surface area contributed by atoms with Crippen LogP contribution in [0.5, 0.6) is 0 Å². The Bertz CT molecular complexity index is 280. The van der Waals surface area contributed by atoms with Crippen molar-refractivity contribution in [1.29, 1.82) is 0 Å². The Balaban J connectivity index is 2.30. The van der Waals surface area contributed by atoms with E-state index in [9.17, 15) is 9.90 Å². The molecule has 2 nitrogen and oxygen atoms in total. The predicted molar refractivity (Wildman–Crippen MR) is 55.6 cm³/mol. The third-order valence-electron chi connectivity index (χ3n) is 2.34. The number of rotatable bonds is 3. The molecule has 0 unspecified atom stereocenters. The molecule has 2 atom stereocenters. The van der Waals surface area contributed by atoms with Crippen LogP contribution >= 0.6 is 0 Å². The smallest absolute Gasteiger partial charge is 0.162 e. The largest absolute Gasteiger partial charge is 0.388 e. The first kappa shape index (κ1) is 11.0. The van der Waals surface area contributed by atoms with Gasteiger partial charge < -0.3 is 5.11 Å². The lowest BCUT2D eigenvalue weighted by molar-refractivity contribution is -0.119. The van der Waals surface area contributed by atoms with Crippen LogP contribution in [0.25, 0.3) is 0 Å². The van der Waals surface area contributed by atoms with Gasteiger partial charge in [0.25, 0.3) is 0 Å². The lowest BCUT2D eigenvalue weighted by atomic mass is 10.00. The van der Waals surface area contributed by atoms with E-state index in [1.165, 1.54) is 6.08 Å². The Hall–Kier alpha value is -1.07. The zero-order valence-electron chi connectivity index (χ0n) is 8.49. The summed E-state index contributed by atoms with van der Waals surface area (Å²) >= 11 is 0. The first-order chi connectivity index (χ1) is 6.75. The summed E-state index contributed by atoms with van der Waals surface area (Å²) in [5.41, 5.74) is 0. The lowest BCUT2D eigenvalue weighted by Gasteiger charge is -2.07. The Morgan fingerprint density at radius 1 is 1.50 bits per heavy atom. The quantitative estimate of drug-likeness (QED) is 0.545. The summed E-state index contributed by atoms with van der Waals surface area (Å²) in [6.07, 6.45) is 5.98. The number of ketones is 1. The molecule has 76 valence electrons. The number of carbonyl (C=O) groups excluding carboxylic acids is 1. The van der Waals surface area contributed by atoms with Gasteiger partial charge in [0.15, 0.2) is 5.78 Å². The standard InChI is InChI=1S/C12H16O2/c1-2-3-4-5-6-7-10-11(13)8-9-12(10)14/h8-11,13H,2-4,7H2,1H3/t10-,11+/m1/s1. The zero-order valence-corrected chi connectivity index (χ0v) is 8.49. The highest BCUT2D eigenvalue weighted by molar-refractivity contribution is 5.95. The second-order valence-electron chi connectivity index (χ2n) is 3.52. The highest BCUT2D eigenvalue weighted by Gasteiger charge is 2.27. The van der Waals surface area contributed by atoms with Crippen LogP contribution in [0.2, 0.25) is 0 Å². The highest BCUT2D eigenvalue weighted by Crippen LogP contribution is 2.18. The van der Waals surface area contributed by atoms with Crippen molar-refractivity contribution in [2.45, 2.75) is 38.7 Å². The maximum absolute atomic E-state index is 11.2. The summed E-state index contributed by atoms with van der Waals surface area (Å²) in [6.45, 7) is 2.12. The van der Waals surface area contributed by atoms with Gasteiger partial charge in [-0.1, -0.05) is 19.4 Å². The van der Waals surface area contributed by atoms with Gasteiger partial charge in [-0.05, 0) is 12.5 Å². The summed E-state index contributed by atoms with van der Waals surface area (Å²) in [4.78, 5) is 11.2. The van der Waals surface area contributed by atoms with Crippen LogP contribution in [0.15, 0.2) is 12.2 Å². The van der Waals surface area contributed by atoms with Gasteiger partial charge in [0.1, 0.15) is 0 Å². The van der Waals surface area contributed by atoms with Crippen LogP contribution in [0.4, 0.5) is 0 Å². The number of hydrogen-bond acceptors (Lipinski definition) is 2. The van der Waals surface area contributed by atoms with Crippen LogP contribution in [0.3, 0.4) is 0 Å². The molecule has 14 heavy (non-hydrogen) atoms. The molecule has 0 aliphatic heterocycles. The number of unbranched alkanes of at least 4 members (excludes halogenated alkanes) is 2. The van der Waals surface area contributed by atoms with Crippen LogP contribution in [0.1, 0.15) is 32.6 Å². The van der Waals surface area contributed by atoms with Gasteiger partial charge in [-0.2, -0.15) is 0 Å². The van der Waals surface area contributed by atoms with Gasteiger partial charge in [-0.15, -0.1) is 11.8 Å². The summed E-state index contributed by atoms with van der Waals surface area (Å²) in [6, 6.07) is 0. The molecule has 0 radical (unpaired) electrons. The molecule has 0 saturated heterocycles. The molecule has 0 spiro atoms. The number of allylic oxidation sites excluding steroid dienone is 1. The molecular formula is C12H16O2. The Kier molecular flexibility index (Phi) is 4.42. The first-order valence-electron chi connectivity index (χ1n) is 5.11. The van der Waals surface area contributed by atoms with E-state index in [1.54, 1.807) is 6.08 Å². The molecular weight excluding hydrogens is 176 g/mol. The van der Waals surface area contributed by atoms with Crippen molar-refractivity contribution < 1.29 is 9.90 Å². The maximum Gasteiger partial charge on any atom is 0.162 e. The average Bonchev–Trinajstić information content (AvgIpc) is 2.48. The number of aliphatic hydroxyl groups excluding tert-OH is 1. The van der Waals surface area contributed by atoms with Gasteiger partial charge in [-0.25, -0.2) is 0 Å². The fourth-order valence-corrected chi connectivity index (χ4v) is 1.38. The zero-order chi connectivity index (χ0) is 10.4. The minimum absolute atomic E-state index is 0.00212. The molecule has 0 amide bonds. The van der Waals surface area contributed by atoms with Crippen molar-refractivity contribution in [3.63, 3.8) is 0 Å². The molecule has 1 rings (SSSR count). The van der Waals surface area contributed by atoms with Crippen molar-refractivity contribution in [3.8, 4) is 11.8 Å². The first-order valence-corrected chi connectivity index (χ1v) is 5.11. The van der Waals surface area contributed by atoms with E-state index < -0.39 is 6.10 Å². The normalized spacial score (nSPS) is 24.9. The van der Waals surface area contributed by atoms with Gasteiger partial charge in [0, 0.05) is 12.8 Å². The minimum Gasteiger partial charge on any atom is -0.388 e. The average molecular weight is 192 g/mol. The number of carbonyl (C=O) groups is 1. The van der Waals surface area contributed by atoms with Crippen molar-refractivity contribution in [1.82, 2.24) is 0 Å². The van der Waals surface area contributed by atoms with Crippen LogP contribution in [0, 0.1) is 17.8 Å². The van der Waals surface area contributed by atoms with E-state index in [2.05, 4.69) is 18.8 Å². The molecule has 0 heterocycles. The van der Waals surface area contributed by atoms with Crippen LogP contribution < -0.4 is 0 Å². The van der Waals surface area contributed by atoms with E-state index in [1.807, 2.05) is 0 Å². The molecule has 1 N–H and O–H groups in total. The second kappa shape index (κ2) is 5.62. The van der Waals surface area contributed by atoms with Gasteiger partial charge >= 0.3 is 0 Å². The van der Waals surface area contributed by atoms with E-state index in [-0.39, 0.29) is 11.7 Å². The maximum atomic E-state index is 11.2.